The van der Waals surface area contributed by atoms with Crippen LogP contribution in [0.3, 0.4) is 0 Å². The molecule has 3 rings (SSSR count). The molecule has 1 aliphatic rings. The van der Waals surface area contributed by atoms with Crippen LogP contribution in [0.15, 0.2) is 30.5 Å². The summed E-state index contributed by atoms with van der Waals surface area (Å²) in [6.45, 7) is 1.27. The van der Waals surface area contributed by atoms with Gasteiger partial charge in [0.05, 0.1) is 18.9 Å². The molecule has 0 aliphatic carbocycles. The summed E-state index contributed by atoms with van der Waals surface area (Å²) in [5.74, 6) is -0.392. The minimum atomic E-state index is -1.15. The Hall–Kier alpha value is -1.87. The van der Waals surface area contributed by atoms with Gasteiger partial charge in [-0.15, -0.1) is 5.10 Å². The molecule has 0 bridgehead atoms. The van der Waals surface area contributed by atoms with Gasteiger partial charge in [-0.1, -0.05) is 17.3 Å². The summed E-state index contributed by atoms with van der Waals surface area (Å²) >= 11 is 0. The van der Waals surface area contributed by atoms with E-state index in [4.69, 9.17) is 4.74 Å². The van der Waals surface area contributed by atoms with E-state index in [9.17, 15) is 19.7 Å². The smallest absolute Gasteiger partial charge is 0.123 e. The lowest BCUT2D eigenvalue weighted by atomic mass is 9.93. The highest BCUT2D eigenvalue weighted by molar-refractivity contribution is 5.57. The quantitative estimate of drug-likeness (QED) is 0.742. The van der Waals surface area contributed by atoms with Crippen LogP contribution in [0.1, 0.15) is 13.0 Å². The SMILES string of the molecule is CC1OC(CO)C(O)C(n2cc(-c3cccc(F)c3)nn2)C1O. The third-order valence-electron chi connectivity index (χ3n) is 4.07. The average Bonchev–Trinajstić information content (AvgIpc) is 3.01. The Balaban J connectivity index is 1.92. The molecule has 1 fully saturated rings. The highest BCUT2D eigenvalue weighted by atomic mass is 19.1. The predicted octanol–water partition coefficient (Wildman–Crippen LogP) is 0.127. The maximum atomic E-state index is 13.3. The van der Waals surface area contributed by atoms with Crippen molar-refractivity contribution in [2.24, 2.45) is 0 Å². The molecule has 1 saturated heterocycles. The van der Waals surface area contributed by atoms with E-state index >= 15 is 0 Å². The molecular formula is C15H18FN3O4. The summed E-state index contributed by atoms with van der Waals surface area (Å²) in [6.07, 6.45) is -2.04. The number of aliphatic hydroxyl groups excluding tert-OH is 3. The van der Waals surface area contributed by atoms with Crippen molar-refractivity contribution in [1.82, 2.24) is 15.0 Å². The van der Waals surface area contributed by atoms with Crippen LogP contribution >= 0.6 is 0 Å². The molecule has 124 valence electrons. The van der Waals surface area contributed by atoms with E-state index in [0.29, 0.717) is 11.3 Å². The fraction of sp³-hybridized carbons (Fsp3) is 0.467. The molecule has 0 radical (unpaired) electrons. The van der Waals surface area contributed by atoms with E-state index < -0.39 is 36.3 Å². The normalized spacial score (nSPS) is 31.3. The lowest BCUT2D eigenvalue weighted by Gasteiger charge is -2.40. The zero-order chi connectivity index (χ0) is 16.6. The molecule has 2 heterocycles. The van der Waals surface area contributed by atoms with Gasteiger partial charge in [-0.25, -0.2) is 9.07 Å². The lowest BCUT2D eigenvalue weighted by molar-refractivity contribution is -0.199. The fourth-order valence-corrected chi connectivity index (χ4v) is 2.80. The average molecular weight is 323 g/mol. The van der Waals surface area contributed by atoms with Gasteiger partial charge in [0.2, 0.25) is 0 Å². The van der Waals surface area contributed by atoms with Crippen LogP contribution in [0.25, 0.3) is 11.3 Å². The first-order valence-corrected chi connectivity index (χ1v) is 7.31. The molecule has 3 N–H and O–H groups in total. The van der Waals surface area contributed by atoms with Crippen molar-refractivity contribution < 1.29 is 24.4 Å². The number of benzene rings is 1. The minimum Gasteiger partial charge on any atom is -0.394 e. The fourth-order valence-electron chi connectivity index (χ4n) is 2.80. The highest BCUT2D eigenvalue weighted by Gasteiger charge is 2.44. The Morgan fingerprint density at radius 2 is 2.09 bits per heavy atom. The Morgan fingerprint density at radius 3 is 2.78 bits per heavy atom. The molecule has 0 spiro atoms. The van der Waals surface area contributed by atoms with Crippen molar-refractivity contribution in [2.75, 3.05) is 6.61 Å². The number of aliphatic hydroxyl groups is 3. The third-order valence-corrected chi connectivity index (χ3v) is 4.07. The van der Waals surface area contributed by atoms with E-state index in [0.717, 1.165) is 0 Å². The van der Waals surface area contributed by atoms with Crippen LogP contribution in [0, 0.1) is 5.82 Å². The van der Waals surface area contributed by atoms with Crippen LogP contribution in [0.4, 0.5) is 4.39 Å². The van der Waals surface area contributed by atoms with Crippen LogP contribution in [0.2, 0.25) is 0 Å². The number of halogens is 1. The van der Waals surface area contributed by atoms with E-state index in [1.807, 2.05) is 0 Å². The van der Waals surface area contributed by atoms with E-state index in [1.54, 1.807) is 19.1 Å². The first-order chi connectivity index (χ1) is 11.0. The molecule has 23 heavy (non-hydrogen) atoms. The maximum Gasteiger partial charge on any atom is 0.123 e. The zero-order valence-corrected chi connectivity index (χ0v) is 12.5. The standard InChI is InChI=1S/C15H18FN3O4/c1-8-14(21)13(15(22)12(7-20)23-8)19-6-11(17-18-19)9-3-2-4-10(16)5-9/h2-6,8,12-15,20-22H,7H2,1H3. The molecule has 5 unspecified atom stereocenters. The van der Waals surface area contributed by atoms with Crippen molar-refractivity contribution >= 4 is 0 Å². The second kappa shape index (κ2) is 6.32. The summed E-state index contributed by atoms with van der Waals surface area (Å²) < 4.78 is 20.0. The Labute approximate surface area is 131 Å². The Bertz CT molecular complexity index is 680. The van der Waals surface area contributed by atoms with Crippen molar-refractivity contribution in [3.05, 3.63) is 36.3 Å². The van der Waals surface area contributed by atoms with Gasteiger partial charge in [0.15, 0.2) is 0 Å². The second-order valence-corrected chi connectivity index (χ2v) is 5.63. The Kier molecular flexibility index (Phi) is 4.40. The number of nitrogens with zero attached hydrogens (tertiary/aromatic N) is 3. The predicted molar refractivity (Wildman–Crippen MR) is 77.9 cm³/mol. The van der Waals surface area contributed by atoms with Gasteiger partial charge in [0, 0.05) is 5.56 Å². The van der Waals surface area contributed by atoms with Crippen LogP contribution in [0.5, 0.6) is 0 Å². The number of ether oxygens (including phenoxy) is 1. The number of hydrogen-bond acceptors (Lipinski definition) is 6. The van der Waals surface area contributed by atoms with Crippen molar-refractivity contribution in [3.63, 3.8) is 0 Å². The summed E-state index contributed by atoms with van der Waals surface area (Å²) in [7, 11) is 0. The minimum absolute atomic E-state index is 0.375. The molecule has 1 aliphatic heterocycles. The van der Waals surface area contributed by atoms with Crippen LogP contribution in [-0.4, -0.2) is 61.3 Å². The third kappa shape index (κ3) is 2.98. The molecular weight excluding hydrogens is 305 g/mol. The summed E-state index contributed by atoms with van der Waals surface area (Å²) in [5, 5.41) is 37.8. The molecule has 1 aromatic carbocycles. The molecule has 2 aromatic rings. The van der Waals surface area contributed by atoms with Gasteiger partial charge in [0.1, 0.15) is 35.9 Å². The lowest BCUT2D eigenvalue weighted by Crippen LogP contribution is -2.55. The first-order valence-electron chi connectivity index (χ1n) is 7.31. The van der Waals surface area contributed by atoms with E-state index in [2.05, 4.69) is 10.3 Å². The molecule has 0 saturated carbocycles. The van der Waals surface area contributed by atoms with Gasteiger partial charge in [-0.3, -0.25) is 0 Å². The van der Waals surface area contributed by atoms with Crippen LogP contribution < -0.4 is 0 Å². The largest absolute Gasteiger partial charge is 0.394 e. The molecule has 7 nitrogen and oxygen atoms in total. The second-order valence-electron chi connectivity index (χ2n) is 5.63. The van der Waals surface area contributed by atoms with Gasteiger partial charge in [-0.05, 0) is 19.1 Å². The van der Waals surface area contributed by atoms with Crippen molar-refractivity contribution in [1.29, 1.82) is 0 Å². The number of aromatic nitrogens is 3. The maximum absolute atomic E-state index is 13.3. The summed E-state index contributed by atoms with van der Waals surface area (Å²) in [4.78, 5) is 0. The molecule has 8 heteroatoms. The van der Waals surface area contributed by atoms with Gasteiger partial charge in [-0.2, -0.15) is 0 Å². The first kappa shape index (κ1) is 16.0. The number of hydrogen-bond donors (Lipinski definition) is 3. The summed E-state index contributed by atoms with van der Waals surface area (Å²) in [5.41, 5.74) is 0.961. The van der Waals surface area contributed by atoms with Crippen molar-refractivity contribution in [3.8, 4) is 11.3 Å². The van der Waals surface area contributed by atoms with Crippen molar-refractivity contribution in [2.45, 2.75) is 37.4 Å². The van der Waals surface area contributed by atoms with E-state index in [1.165, 1.54) is 23.0 Å². The Morgan fingerprint density at radius 1 is 1.30 bits per heavy atom. The monoisotopic (exact) mass is 323 g/mol. The highest BCUT2D eigenvalue weighted by Crippen LogP contribution is 2.30. The molecule has 5 atom stereocenters. The topological polar surface area (TPSA) is 101 Å². The van der Waals surface area contributed by atoms with Gasteiger partial charge < -0.3 is 20.1 Å². The zero-order valence-electron chi connectivity index (χ0n) is 12.5. The number of rotatable bonds is 3. The summed E-state index contributed by atoms with van der Waals surface area (Å²) in [6, 6.07) is 5.09. The van der Waals surface area contributed by atoms with Crippen LogP contribution in [-0.2, 0) is 4.74 Å². The van der Waals surface area contributed by atoms with Gasteiger partial charge >= 0.3 is 0 Å². The van der Waals surface area contributed by atoms with E-state index in [-0.39, 0.29) is 6.61 Å². The van der Waals surface area contributed by atoms with Gasteiger partial charge in [0.25, 0.3) is 0 Å². The molecule has 0 amide bonds. The molecule has 1 aromatic heterocycles.